The predicted octanol–water partition coefficient (Wildman–Crippen LogP) is 4.92. The first-order valence-electron chi connectivity index (χ1n) is 11.2. The number of benzene rings is 1. The summed E-state index contributed by atoms with van der Waals surface area (Å²) in [6.45, 7) is 11.7. The van der Waals surface area contributed by atoms with Gasteiger partial charge in [0.15, 0.2) is 0 Å². The molecule has 2 rings (SSSR count). The molecule has 1 amide bonds. The van der Waals surface area contributed by atoms with E-state index in [1.54, 1.807) is 0 Å². The molecule has 0 aliphatic heterocycles. The normalized spacial score (nSPS) is 17.1. The van der Waals surface area contributed by atoms with Crippen molar-refractivity contribution in [1.29, 1.82) is 0 Å². The molecule has 0 aromatic heterocycles. The third kappa shape index (κ3) is 7.50. The fraction of sp³-hybridized carbons (Fsp3) is 0.640. The van der Waals surface area contributed by atoms with E-state index >= 15 is 0 Å². The molecular weight excluding hydrogens is 358 g/mol. The maximum absolute atomic E-state index is 13.3. The van der Waals surface area contributed by atoms with E-state index in [1.165, 1.54) is 30.4 Å². The Morgan fingerprint density at radius 3 is 2.31 bits per heavy atom. The number of nitrogens with one attached hydrogen (secondary N) is 3. The fourth-order valence-corrected chi connectivity index (χ4v) is 3.57. The summed E-state index contributed by atoms with van der Waals surface area (Å²) >= 11 is 0. The van der Waals surface area contributed by atoms with E-state index < -0.39 is 0 Å². The van der Waals surface area contributed by atoms with Gasteiger partial charge in [0, 0.05) is 12.7 Å². The quantitative estimate of drug-likeness (QED) is 0.490. The van der Waals surface area contributed by atoms with Crippen LogP contribution in [0.5, 0.6) is 0 Å². The van der Waals surface area contributed by atoms with Crippen molar-refractivity contribution in [2.45, 2.75) is 78.8 Å². The van der Waals surface area contributed by atoms with Gasteiger partial charge in [-0.25, -0.2) is 0 Å². The van der Waals surface area contributed by atoms with Crippen LogP contribution >= 0.6 is 0 Å². The van der Waals surface area contributed by atoms with Crippen LogP contribution in [0.15, 0.2) is 35.9 Å². The summed E-state index contributed by atoms with van der Waals surface area (Å²) in [5.74, 6) is 0.667. The van der Waals surface area contributed by atoms with Crippen molar-refractivity contribution in [1.82, 2.24) is 10.6 Å². The van der Waals surface area contributed by atoms with Crippen molar-refractivity contribution in [3.8, 4) is 0 Å². The molecule has 3 atom stereocenters. The molecular formula is C25H41N3O. The Hall–Kier alpha value is -1.81. The molecule has 3 N–H and O–H groups in total. The van der Waals surface area contributed by atoms with E-state index in [-0.39, 0.29) is 23.4 Å². The first kappa shape index (κ1) is 23.5. The van der Waals surface area contributed by atoms with Gasteiger partial charge in [-0.3, -0.25) is 4.79 Å². The lowest BCUT2D eigenvalue weighted by Crippen LogP contribution is -2.54. The number of carbonyl (C=O) groups excluding carboxylic acids is 1. The molecule has 1 saturated carbocycles. The minimum Gasteiger partial charge on any atom is -0.388 e. The van der Waals surface area contributed by atoms with Crippen molar-refractivity contribution >= 4 is 11.6 Å². The lowest BCUT2D eigenvalue weighted by Gasteiger charge is -2.33. The summed E-state index contributed by atoms with van der Waals surface area (Å²) in [4.78, 5) is 13.3. The van der Waals surface area contributed by atoms with Gasteiger partial charge in [0.05, 0.1) is 12.1 Å². The molecule has 0 spiro atoms. The van der Waals surface area contributed by atoms with Crippen molar-refractivity contribution in [2.24, 2.45) is 11.3 Å². The standard InChI is InChI=1S/C25H41N3O/c1-7-18(2)17-27-23(25(3,4)5)24(29)28-22(15-19-9-8-10-19)16-20-11-13-21(26-6)14-12-20/h11-15,18,22-23,26-27H,7-10,16-17H2,1-6H3,(H,28,29). The lowest BCUT2D eigenvalue weighted by molar-refractivity contribution is -0.126. The largest absolute Gasteiger partial charge is 0.388 e. The van der Waals surface area contributed by atoms with Gasteiger partial charge in [0.2, 0.25) is 5.91 Å². The maximum atomic E-state index is 13.3. The van der Waals surface area contributed by atoms with Gasteiger partial charge in [0.1, 0.15) is 0 Å². The highest BCUT2D eigenvalue weighted by Crippen LogP contribution is 2.26. The molecule has 1 aromatic carbocycles. The van der Waals surface area contributed by atoms with Gasteiger partial charge >= 0.3 is 0 Å². The zero-order chi connectivity index (χ0) is 21.4. The summed E-state index contributed by atoms with van der Waals surface area (Å²) in [6.07, 6.45) is 7.83. The molecule has 1 aliphatic carbocycles. The number of anilines is 1. The minimum atomic E-state index is -0.203. The monoisotopic (exact) mass is 399 g/mol. The van der Waals surface area contributed by atoms with E-state index in [0.29, 0.717) is 5.92 Å². The Morgan fingerprint density at radius 1 is 1.17 bits per heavy atom. The molecule has 1 aromatic rings. The Balaban J connectivity index is 2.11. The van der Waals surface area contributed by atoms with Crippen LogP contribution in [0.4, 0.5) is 5.69 Å². The van der Waals surface area contributed by atoms with Crippen molar-refractivity contribution in [3.63, 3.8) is 0 Å². The molecule has 4 nitrogen and oxygen atoms in total. The zero-order valence-corrected chi connectivity index (χ0v) is 19.3. The van der Waals surface area contributed by atoms with Gasteiger partial charge in [0.25, 0.3) is 0 Å². The van der Waals surface area contributed by atoms with E-state index in [2.05, 4.69) is 80.9 Å². The molecule has 3 unspecified atom stereocenters. The number of hydrogen-bond acceptors (Lipinski definition) is 3. The average molecular weight is 400 g/mol. The molecule has 1 aliphatic rings. The highest BCUT2D eigenvalue weighted by molar-refractivity contribution is 5.83. The molecule has 4 heteroatoms. The van der Waals surface area contributed by atoms with E-state index in [0.717, 1.165) is 25.1 Å². The minimum absolute atomic E-state index is 0.0356. The lowest BCUT2D eigenvalue weighted by atomic mass is 9.85. The van der Waals surface area contributed by atoms with Crippen LogP contribution in [0.1, 0.15) is 65.9 Å². The average Bonchev–Trinajstić information content (AvgIpc) is 2.64. The van der Waals surface area contributed by atoms with Crippen LogP contribution in [0.3, 0.4) is 0 Å². The molecule has 0 saturated heterocycles. The Morgan fingerprint density at radius 2 is 1.83 bits per heavy atom. The topological polar surface area (TPSA) is 53.2 Å². The van der Waals surface area contributed by atoms with Gasteiger partial charge in [-0.15, -0.1) is 0 Å². The Bertz CT molecular complexity index is 666. The molecule has 162 valence electrons. The second kappa shape index (κ2) is 10.8. The van der Waals surface area contributed by atoms with Crippen LogP contribution in [-0.2, 0) is 11.2 Å². The van der Waals surface area contributed by atoms with E-state index in [1.807, 2.05) is 7.05 Å². The third-order valence-corrected chi connectivity index (χ3v) is 5.95. The van der Waals surface area contributed by atoms with Crippen LogP contribution in [0.25, 0.3) is 0 Å². The van der Waals surface area contributed by atoms with Crippen molar-refractivity contribution in [3.05, 3.63) is 41.5 Å². The van der Waals surface area contributed by atoms with Crippen molar-refractivity contribution < 1.29 is 4.79 Å². The summed E-state index contributed by atoms with van der Waals surface area (Å²) < 4.78 is 0. The SMILES string of the molecule is CCC(C)CNC(C(=O)NC(C=C1CCC1)Cc1ccc(NC)cc1)C(C)(C)C. The first-order valence-corrected chi connectivity index (χ1v) is 11.2. The summed E-state index contributed by atoms with van der Waals surface area (Å²) in [5, 5.41) is 10.0. The number of amides is 1. The highest BCUT2D eigenvalue weighted by atomic mass is 16.2. The van der Waals surface area contributed by atoms with Gasteiger partial charge in [-0.2, -0.15) is 0 Å². The van der Waals surface area contributed by atoms with Gasteiger partial charge in [-0.1, -0.05) is 64.8 Å². The Kier molecular flexibility index (Phi) is 8.76. The van der Waals surface area contributed by atoms with Gasteiger partial charge in [-0.05, 0) is 61.3 Å². The van der Waals surface area contributed by atoms with E-state index in [4.69, 9.17) is 0 Å². The molecule has 0 radical (unpaired) electrons. The fourth-order valence-electron chi connectivity index (χ4n) is 3.57. The van der Waals surface area contributed by atoms with Crippen molar-refractivity contribution in [2.75, 3.05) is 18.9 Å². The summed E-state index contributed by atoms with van der Waals surface area (Å²) in [5.41, 5.74) is 3.68. The predicted molar refractivity (Wildman–Crippen MR) is 124 cm³/mol. The van der Waals surface area contributed by atoms with Gasteiger partial charge < -0.3 is 16.0 Å². The smallest absolute Gasteiger partial charge is 0.238 e. The second-order valence-corrected chi connectivity index (χ2v) is 9.67. The number of hydrogen-bond donors (Lipinski definition) is 3. The first-order chi connectivity index (χ1) is 13.7. The molecule has 29 heavy (non-hydrogen) atoms. The molecule has 1 fully saturated rings. The molecule has 0 bridgehead atoms. The molecule has 0 heterocycles. The third-order valence-electron chi connectivity index (χ3n) is 5.95. The van der Waals surface area contributed by atoms with E-state index in [9.17, 15) is 4.79 Å². The number of rotatable bonds is 10. The number of allylic oxidation sites excluding steroid dienone is 1. The van der Waals surface area contributed by atoms with Crippen LogP contribution < -0.4 is 16.0 Å². The Labute approximate surface area is 177 Å². The highest BCUT2D eigenvalue weighted by Gasteiger charge is 2.32. The van der Waals surface area contributed by atoms with Crippen LogP contribution in [-0.4, -0.2) is 31.6 Å². The van der Waals surface area contributed by atoms with Crippen LogP contribution in [0, 0.1) is 11.3 Å². The zero-order valence-electron chi connectivity index (χ0n) is 19.3. The van der Waals surface area contributed by atoms with Crippen LogP contribution in [0.2, 0.25) is 0 Å². The summed E-state index contributed by atoms with van der Waals surface area (Å²) in [7, 11) is 1.93. The maximum Gasteiger partial charge on any atom is 0.238 e. The summed E-state index contributed by atoms with van der Waals surface area (Å²) in [6, 6.07) is 8.31. The number of carbonyl (C=O) groups is 1. The second-order valence-electron chi connectivity index (χ2n) is 9.67.